The van der Waals surface area contributed by atoms with Crippen LogP contribution in [-0.4, -0.2) is 43.5 Å². The largest absolute Gasteiger partial charge is 0.497 e. The molecule has 0 fully saturated rings. The summed E-state index contributed by atoms with van der Waals surface area (Å²) in [5.41, 5.74) is 3.23. The summed E-state index contributed by atoms with van der Waals surface area (Å²) in [5.74, 6) is 0.672. The monoisotopic (exact) mass is 352 g/mol. The van der Waals surface area contributed by atoms with Gasteiger partial charge in [0.15, 0.2) is 0 Å². The quantitative estimate of drug-likeness (QED) is 0.803. The minimum Gasteiger partial charge on any atom is -0.497 e. The Morgan fingerprint density at radius 3 is 2.73 bits per heavy atom. The molecule has 3 rings (SSSR count). The first-order chi connectivity index (χ1) is 12.6. The summed E-state index contributed by atoms with van der Waals surface area (Å²) < 4.78 is 5.23. The van der Waals surface area contributed by atoms with Gasteiger partial charge in [-0.05, 0) is 42.2 Å². The summed E-state index contributed by atoms with van der Waals surface area (Å²) >= 11 is 0. The Kier molecular flexibility index (Phi) is 5.56. The first-order valence-corrected chi connectivity index (χ1v) is 8.85. The molecule has 0 N–H and O–H groups in total. The van der Waals surface area contributed by atoms with Crippen LogP contribution in [0.3, 0.4) is 0 Å². The van der Waals surface area contributed by atoms with Crippen molar-refractivity contribution < 1.29 is 14.3 Å². The third-order valence-electron chi connectivity index (χ3n) is 4.76. The van der Waals surface area contributed by atoms with E-state index in [1.165, 1.54) is 12.5 Å². The molecule has 0 saturated heterocycles. The van der Waals surface area contributed by atoms with E-state index in [9.17, 15) is 9.59 Å². The maximum absolute atomic E-state index is 12.7. The minimum atomic E-state index is -0.0891. The SMILES string of the molecule is COc1cccc(CCN(CC(=O)N2CCc3ccccc32)C(C)=O)c1. The van der Waals surface area contributed by atoms with E-state index >= 15 is 0 Å². The molecule has 0 saturated carbocycles. The van der Waals surface area contributed by atoms with Gasteiger partial charge in [0.2, 0.25) is 11.8 Å². The van der Waals surface area contributed by atoms with Crippen molar-refractivity contribution in [1.29, 1.82) is 0 Å². The maximum Gasteiger partial charge on any atom is 0.246 e. The van der Waals surface area contributed by atoms with E-state index in [0.29, 0.717) is 19.5 Å². The first-order valence-electron chi connectivity index (χ1n) is 8.85. The van der Waals surface area contributed by atoms with Gasteiger partial charge in [0.1, 0.15) is 12.3 Å². The zero-order chi connectivity index (χ0) is 18.5. The highest BCUT2D eigenvalue weighted by Crippen LogP contribution is 2.27. The predicted molar refractivity (Wildman–Crippen MR) is 101 cm³/mol. The summed E-state index contributed by atoms with van der Waals surface area (Å²) in [5, 5.41) is 0. The molecule has 0 bridgehead atoms. The molecule has 2 aromatic rings. The van der Waals surface area contributed by atoms with Crippen molar-refractivity contribution in [1.82, 2.24) is 4.90 Å². The lowest BCUT2D eigenvalue weighted by atomic mass is 10.1. The number of hydrogen-bond acceptors (Lipinski definition) is 3. The molecule has 0 spiro atoms. The molecule has 0 aliphatic carbocycles. The van der Waals surface area contributed by atoms with Crippen LogP contribution in [0.25, 0.3) is 0 Å². The van der Waals surface area contributed by atoms with Crippen molar-refractivity contribution in [2.45, 2.75) is 19.8 Å². The molecular weight excluding hydrogens is 328 g/mol. The van der Waals surface area contributed by atoms with Crippen molar-refractivity contribution in [3.05, 3.63) is 59.7 Å². The fourth-order valence-corrected chi connectivity index (χ4v) is 3.29. The molecule has 1 aliphatic heterocycles. The second-order valence-electron chi connectivity index (χ2n) is 6.47. The zero-order valence-corrected chi connectivity index (χ0v) is 15.3. The number of fused-ring (bicyclic) bond motifs is 1. The van der Waals surface area contributed by atoms with Gasteiger partial charge in [-0.3, -0.25) is 9.59 Å². The maximum atomic E-state index is 12.7. The smallest absolute Gasteiger partial charge is 0.246 e. The van der Waals surface area contributed by atoms with Crippen LogP contribution in [0.4, 0.5) is 5.69 Å². The van der Waals surface area contributed by atoms with Crippen LogP contribution < -0.4 is 9.64 Å². The van der Waals surface area contributed by atoms with Gasteiger partial charge in [-0.1, -0.05) is 30.3 Å². The van der Waals surface area contributed by atoms with E-state index < -0.39 is 0 Å². The predicted octanol–water partition coefficient (Wildman–Crippen LogP) is 2.68. The van der Waals surface area contributed by atoms with Crippen LogP contribution in [0, 0.1) is 0 Å². The Morgan fingerprint density at radius 2 is 1.96 bits per heavy atom. The molecule has 0 atom stereocenters. The van der Waals surface area contributed by atoms with Gasteiger partial charge in [-0.25, -0.2) is 0 Å². The normalized spacial score (nSPS) is 12.6. The summed E-state index contributed by atoms with van der Waals surface area (Å²) in [7, 11) is 1.63. The number of amides is 2. The Bertz CT molecular complexity index is 803. The number of carbonyl (C=O) groups excluding carboxylic acids is 2. The van der Waals surface area contributed by atoms with Crippen molar-refractivity contribution in [2.75, 3.05) is 31.6 Å². The molecule has 136 valence electrons. The van der Waals surface area contributed by atoms with Crippen molar-refractivity contribution in [3.8, 4) is 5.75 Å². The second-order valence-corrected chi connectivity index (χ2v) is 6.47. The first kappa shape index (κ1) is 18.0. The van der Waals surface area contributed by atoms with E-state index in [2.05, 4.69) is 0 Å². The summed E-state index contributed by atoms with van der Waals surface area (Å²) in [4.78, 5) is 28.2. The van der Waals surface area contributed by atoms with E-state index in [4.69, 9.17) is 4.74 Å². The number of rotatable bonds is 6. The lowest BCUT2D eigenvalue weighted by molar-refractivity contribution is -0.133. The van der Waals surface area contributed by atoms with Gasteiger partial charge in [0, 0.05) is 25.7 Å². The van der Waals surface area contributed by atoms with Gasteiger partial charge in [-0.15, -0.1) is 0 Å². The molecule has 0 aromatic heterocycles. The zero-order valence-electron chi connectivity index (χ0n) is 15.3. The molecule has 0 unspecified atom stereocenters. The third-order valence-corrected chi connectivity index (χ3v) is 4.76. The van der Waals surface area contributed by atoms with Crippen LogP contribution in [-0.2, 0) is 22.4 Å². The Labute approximate surface area is 154 Å². The summed E-state index contributed by atoms with van der Waals surface area (Å²) in [6, 6.07) is 15.7. The van der Waals surface area contributed by atoms with Crippen LogP contribution in [0.5, 0.6) is 5.75 Å². The highest BCUT2D eigenvalue weighted by Gasteiger charge is 2.26. The van der Waals surface area contributed by atoms with Gasteiger partial charge in [-0.2, -0.15) is 0 Å². The molecule has 1 aliphatic rings. The van der Waals surface area contributed by atoms with E-state index in [0.717, 1.165) is 23.4 Å². The number of benzene rings is 2. The highest BCUT2D eigenvalue weighted by atomic mass is 16.5. The number of hydrogen-bond donors (Lipinski definition) is 0. The van der Waals surface area contributed by atoms with Crippen molar-refractivity contribution in [2.24, 2.45) is 0 Å². The standard InChI is InChI=1S/C21H24N2O3/c1-16(24)22(12-10-17-6-5-8-19(14-17)26-2)15-21(25)23-13-11-18-7-3-4-9-20(18)23/h3-9,14H,10-13,15H2,1-2H3. The Hall–Kier alpha value is -2.82. The van der Waals surface area contributed by atoms with Gasteiger partial charge in [0.05, 0.1) is 7.11 Å². The third kappa shape index (κ3) is 4.04. The number of anilines is 1. The molecule has 5 nitrogen and oxygen atoms in total. The molecule has 0 radical (unpaired) electrons. The summed E-state index contributed by atoms with van der Waals surface area (Å²) in [6.45, 7) is 2.80. The number of ether oxygens (including phenoxy) is 1. The van der Waals surface area contributed by atoms with Crippen LogP contribution in [0.2, 0.25) is 0 Å². The Morgan fingerprint density at radius 1 is 1.15 bits per heavy atom. The molecular formula is C21H24N2O3. The van der Waals surface area contributed by atoms with Crippen LogP contribution in [0.15, 0.2) is 48.5 Å². The second kappa shape index (κ2) is 8.04. The molecule has 1 heterocycles. The molecule has 26 heavy (non-hydrogen) atoms. The van der Waals surface area contributed by atoms with Crippen molar-refractivity contribution in [3.63, 3.8) is 0 Å². The lowest BCUT2D eigenvalue weighted by Crippen LogP contribution is -2.42. The van der Waals surface area contributed by atoms with Crippen molar-refractivity contribution >= 4 is 17.5 Å². The fraction of sp³-hybridized carbons (Fsp3) is 0.333. The average molecular weight is 352 g/mol. The van der Waals surface area contributed by atoms with E-state index in [-0.39, 0.29) is 18.4 Å². The minimum absolute atomic E-state index is 0.0317. The number of para-hydroxylation sites is 1. The van der Waals surface area contributed by atoms with E-state index in [1.807, 2.05) is 48.5 Å². The Balaban J connectivity index is 1.63. The van der Waals surface area contributed by atoms with Gasteiger partial charge in [0.25, 0.3) is 0 Å². The molecule has 2 aromatic carbocycles. The lowest BCUT2D eigenvalue weighted by Gasteiger charge is -2.24. The number of methoxy groups -OCH3 is 1. The highest BCUT2D eigenvalue weighted by molar-refractivity contribution is 5.98. The fourth-order valence-electron chi connectivity index (χ4n) is 3.29. The van der Waals surface area contributed by atoms with Gasteiger partial charge < -0.3 is 14.5 Å². The average Bonchev–Trinajstić information content (AvgIpc) is 3.09. The number of nitrogens with zero attached hydrogens (tertiary/aromatic N) is 2. The van der Waals surface area contributed by atoms with Crippen LogP contribution >= 0.6 is 0 Å². The molecule has 5 heteroatoms. The van der Waals surface area contributed by atoms with Gasteiger partial charge >= 0.3 is 0 Å². The topological polar surface area (TPSA) is 49.9 Å². The summed E-state index contributed by atoms with van der Waals surface area (Å²) in [6.07, 6.45) is 1.55. The van der Waals surface area contributed by atoms with Crippen LogP contribution in [0.1, 0.15) is 18.1 Å². The van der Waals surface area contributed by atoms with E-state index in [1.54, 1.807) is 16.9 Å². The molecule has 2 amide bonds. The number of carbonyl (C=O) groups is 2.